The number of pyridine rings is 4. The smallest absolute Gasteiger partial charge is 0.310 e. The van der Waals surface area contributed by atoms with Crippen LogP contribution in [-0.4, -0.2) is 79.3 Å². The number of imidazole rings is 2. The summed E-state index contributed by atoms with van der Waals surface area (Å²) in [7, 11) is -7.47. The van der Waals surface area contributed by atoms with E-state index in [4.69, 9.17) is 0 Å². The normalized spacial score (nSPS) is 13.1. The van der Waals surface area contributed by atoms with Gasteiger partial charge in [-0.3, -0.25) is 9.97 Å². The molecule has 0 atom stereocenters. The topological polar surface area (TPSA) is 179 Å². The van der Waals surface area contributed by atoms with Crippen molar-refractivity contribution in [3.8, 4) is 29.1 Å². The number of aryl methyl sites for hydroxylation is 2. The molecule has 6 aromatic heterocycles. The molecule has 0 saturated heterocycles. The highest BCUT2D eigenvalue weighted by Gasteiger charge is 2.35. The third-order valence-electron chi connectivity index (χ3n) is 10.4. The molecule has 0 aliphatic heterocycles. The molecule has 2 aromatic carbocycles. The maximum atomic E-state index is 14.7. The molecule has 8 aromatic rings. The Hall–Kier alpha value is -6.39. The molecular weight excluding hydrogens is 950 g/mol. The first-order chi connectivity index (χ1) is 30.9. The lowest BCUT2D eigenvalue weighted by atomic mass is 10.1. The molecule has 0 amide bonds. The van der Waals surface area contributed by atoms with Gasteiger partial charge in [0, 0.05) is 64.8 Å². The van der Waals surface area contributed by atoms with Crippen LogP contribution in [0.1, 0.15) is 30.0 Å². The van der Waals surface area contributed by atoms with Crippen molar-refractivity contribution in [1.82, 2.24) is 39.0 Å². The van der Waals surface area contributed by atoms with E-state index in [9.17, 15) is 61.6 Å². The summed E-state index contributed by atoms with van der Waals surface area (Å²) in [6, 6.07) is 11.3. The van der Waals surface area contributed by atoms with Crippen molar-refractivity contribution in [1.29, 1.82) is 5.26 Å². The molecule has 342 valence electrons. The minimum absolute atomic E-state index is 0.0307. The van der Waals surface area contributed by atoms with E-state index >= 15 is 0 Å². The zero-order valence-electron chi connectivity index (χ0n) is 33.7. The first kappa shape index (κ1) is 46.2. The maximum Gasteiger partial charge on any atom is 0.417 e. The molecule has 25 heteroatoms. The van der Waals surface area contributed by atoms with Crippen molar-refractivity contribution >= 4 is 75.3 Å². The van der Waals surface area contributed by atoms with Crippen molar-refractivity contribution in [3.05, 3.63) is 90.0 Å². The largest absolute Gasteiger partial charge is 0.417 e. The van der Waals surface area contributed by atoms with Crippen molar-refractivity contribution in [2.75, 3.05) is 17.3 Å². The van der Waals surface area contributed by atoms with Crippen LogP contribution in [-0.2, 0) is 45.6 Å². The van der Waals surface area contributed by atoms with Gasteiger partial charge in [0.05, 0.1) is 40.0 Å². The molecule has 13 nitrogen and oxygen atoms in total. The molecule has 0 spiro atoms. The van der Waals surface area contributed by atoms with Crippen LogP contribution in [0.4, 0.5) is 39.5 Å². The monoisotopic (exact) mass is 977 g/mol. The van der Waals surface area contributed by atoms with Crippen molar-refractivity contribution < 1.29 is 56.3 Å². The zero-order valence-corrected chi connectivity index (χ0v) is 36.2. The van der Waals surface area contributed by atoms with Crippen molar-refractivity contribution in [2.45, 2.75) is 53.1 Å². The van der Waals surface area contributed by atoms with Gasteiger partial charge >= 0.3 is 18.5 Å². The second kappa shape index (κ2) is 16.5. The molecule has 0 unspecified atom stereocenters. The van der Waals surface area contributed by atoms with Crippen LogP contribution >= 0.6 is 11.8 Å². The van der Waals surface area contributed by atoms with Crippen molar-refractivity contribution in [2.24, 2.45) is 7.05 Å². The fourth-order valence-corrected chi connectivity index (χ4v) is 10.9. The Labute approximate surface area is 371 Å². The molecule has 6 heterocycles. The molecule has 0 radical (unpaired) electrons. The molecule has 66 heavy (non-hydrogen) atoms. The Kier molecular flexibility index (Phi) is 11.5. The van der Waals surface area contributed by atoms with Crippen LogP contribution in [0.5, 0.6) is 0 Å². The second-order valence-electron chi connectivity index (χ2n) is 14.7. The molecule has 0 aliphatic rings. The van der Waals surface area contributed by atoms with Crippen LogP contribution in [0.15, 0.2) is 88.0 Å². The number of hydrogen-bond acceptors (Lipinski definition) is 12. The van der Waals surface area contributed by atoms with E-state index in [1.54, 1.807) is 0 Å². The van der Waals surface area contributed by atoms with Gasteiger partial charge in [-0.25, -0.2) is 36.8 Å². The zero-order chi connectivity index (χ0) is 47.7. The van der Waals surface area contributed by atoms with Crippen LogP contribution in [0, 0.1) is 11.3 Å². The van der Waals surface area contributed by atoms with Crippen LogP contribution in [0.2, 0.25) is 0 Å². The number of benzene rings is 2. The van der Waals surface area contributed by atoms with Crippen LogP contribution < -0.4 is 0 Å². The summed E-state index contributed by atoms with van der Waals surface area (Å²) in [5.74, 6) is -3.00. The minimum atomic E-state index is -4.87. The fourth-order valence-electron chi connectivity index (χ4n) is 7.30. The Morgan fingerprint density at radius 3 is 1.82 bits per heavy atom. The number of fused-ring (bicyclic) bond motifs is 4. The number of thioether (sulfide) groups is 1. The summed E-state index contributed by atoms with van der Waals surface area (Å²) in [6.07, 6.45) is -11.0. The standard InChI is InChI=1S/C41H28F9N9O4S3/c1-3-65(60,61)33-27-7-5-21(15-51)11-22(27)16-53-32(33)38-57-30-14-25(41(48,49)50)19-55-36(30)59(38)9-4-10-66(62,63)34-28-8-6-26(64-20-39(42,43)44)12-23(28)17-52-31(34)37-56-29-13-24(40(45,46)47)18-54-35(29)58(37)2/h5-8,11-14,16-19H,3-4,9-10,20H2,1-2H3. The summed E-state index contributed by atoms with van der Waals surface area (Å²) >= 11 is 0.434. The predicted molar refractivity (Wildman–Crippen MR) is 223 cm³/mol. The molecule has 0 fully saturated rings. The SMILES string of the molecule is CCS(=O)(=O)c1c(-c2nc3cc(C(F)(F)F)cnc3n2CCCS(=O)(=O)c2c(-c3nc4cc(C(F)(F)F)cnc4n3C)ncc3cc(SCC(F)(F)F)ccc23)ncc2cc(C#N)ccc12. The number of alkyl halides is 9. The predicted octanol–water partition coefficient (Wildman–Crippen LogP) is 9.36. The van der Waals surface area contributed by atoms with Gasteiger partial charge in [-0.15, -0.1) is 11.8 Å². The lowest BCUT2D eigenvalue weighted by Crippen LogP contribution is -2.15. The number of rotatable bonds is 11. The second-order valence-corrected chi connectivity index (χ2v) is 20.0. The van der Waals surface area contributed by atoms with Gasteiger partial charge in [0.15, 0.2) is 42.6 Å². The Morgan fingerprint density at radius 1 is 0.682 bits per heavy atom. The van der Waals surface area contributed by atoms with Gasteiger partial charge in [0.1, 0.15) is 32.2 Å². The Morgan fingerprint density at radius 2 is 1.23 bits per heavy atom. The quantitative estimate of drug-likeness (QED) is 0.0887. The van der Waals surface area contributed by atoms with E-state index < -0.39 is 71.5 Å². The molecular formula is C41H28F9N9O4S3. The summed E-state index contributed by atoms with van der Waals surface area (Å²) in [4.78, 5) is 24.5. The highest BCUT2D eigenvalue weighted by molar-refractivity contribution is 7.99. The van der Waals surface area contributed by atoms with Crippen LogP contribution in [0.3, 0.4) is 0 Å². The van der Waals surface area contributed by atoms with Crippen LogP contribution in [0.25, 0.3) is 66.9 Å². The Bertz CT molecular complexity index is 3550. The van der Waals surface area contributed by atoms with Crippen molar-refractivity contribution in [3.63, 3.8) is 0 Å². The van der Waals surface area contributed by atoms with E-state index in [1.807, 2.05) is 6.07 Å². The minimum Gasteiger partial charge on any atom is -0.310 e. The number of sulfone groups is 2. The average molecular weight is 978 g/mol. The van der Waals surface area contributed by atoms with E-state index in [2.05, 4.69) is 29.9 Å². The maximum absolute atomic E-state index is 14.7. The summed E-state index contributed by atoms with van der Waals surface area (Å²) in [6.45, 7) is 0.972. The fraction of sp³-hybridized carbons (Fsp3) is 0.244. The number of hydrogen-bond donors (Lipinski definition) is 0. The summed E-state index contributed by atoms with van der Waals surface area (Å²) in [5.41, 5.74) is -3.64. The molecule has 0 saturated carbocycles. The third-order valence-corrected chi connectivity index (χ3v) is 15.1. The first-order valence-electron chi connectivity index (χ1n) is 19.1. The number of nitrogens with zero attached hydrogens (tertiary/aromatic N) is 9. The lowest BCUT2D eigenvalue weighted by Gasteiger charge is -2.16. The Balaban J connectivity index is 1.26. The first-order valence-corrected chi connectivity index (χ1v) is 23.4. The van der Waals surface area contributed by atoms with Gasteiger partial charge in [-0.2, -0.15) is 44.8 Å². The van der Waals surface area contributed by atoms with E-state index in [0.717, 1.165) is 6.07 Å². The van der Waals surface area contributed by atoms with Gasteiger partial charge in [-0.05, 0) is 42.8 Å². The molecule has 0 aliphatic carbocycles. The van der Waals surface area contributed by atoms with Gasteiger partial charge < -0.3 is 9.13 Å². The number of nitriles is 1. The van der Waals surface area contributed by atoms with E-state index in [-0.39, 0.29) is 95.2 Å². The summed E-state index contributed by atoms with van der Waals surface area (Å²) in [5, 5.41) is 9.88. The number of halogens is 9. The molecule has 0 N–H and O–H groups in total. The average Bonchev–Trinajstić information content (AvgIpc) is 3.79. The number of aromatic nitrogens is 8. The van der Waals surface area contributed by atoms with Gasteiger partial charge in [0.2, 0.25) is 0 Å². The van der Waals surface area contributed by atoms with Gasteiger partial charge in [-0.1, -0.05) is 19.1 Å². The molecule has 8 rings (SSSR count). The lowest BCUT2D eigenvalue weighted by molar-refractivity contribution is -0.138. The highest BCUT2D eigenvalue weighted by atomic mass is 32.2. The summed E-state index contributed by atoms with van der Waals surface area (Å²) < 4.78 is 181. The highest BCUT2D eigenvalue weighted by Crippen LogP contribution is 2.40. The molecule has 0 bridgehead atoms. The van der Waals surface area contributed by atoms with Gasteiger partial charge in [0.25, 0.3) is 0 Å². The third kappa shape index (κ3) is 8.71. The van der Waals surface area contributed by atoms with E-state index in [0.29, 0.717) is 30.2 Å². The van der Waals surface area contributed by atoms with E-state index in [1.165, 1.54) is 71.9 Å².